The quantitative estimate of drug-likeness (QED) is 0.676. The normalized spacial score (nSPS) is 10.5. The van der Waals surface area contributed by atoms with Crippen LogP contribution in [0.1, 0.15) is 28.0 Å². The number of aryl methyl sites for hydroxylation is 1. The Morgan fingerprint density at radius 1 is 1.31 bits per heavy atom. The third kappa shape index (κ3) is 4.29. The van der Waals surface area contributed by atoms with Crippen LogP contribution in [0.2, 0.25) is 0 Å². The van der Waals surface area contributed by atoms with Crippen LogP contribution in [0.4, 0.5) is 4.39 Å². The first-order valence-electron chi connectivity index (χ1n) is 7.55. The molecule has 10 heteroatoms. The molecular formula is C16H14FN5O4. The van der Waals surface area contributed by atoms with E-state index in [9.17, 15) is 14.0 Å². The van der Waals surface area contributed by atoms with Gasteiger partial charge in [0.25, 0.3) is 11.5 Å². The van der Waals surface area contributed by atoms with E-state index in [4.69, 9.17) is 9.15 Å². The van der Waals surface area contributed by atoms with Gasteiger partial charge in [-0.15, -0.1) is 10.2 Å². The second kappa shape index (κ2) is 7.55. The Labute approximate surface area is 146 Å². The molecule has 1 aromatic carbocycles. The van der Waals surface area contributed by atoms with E-state index < -0.39 is 11.5 Å². The summed E-state index contributed by atoms with van der Waals surface area (Å²) in [6.07, 6.45) is 1.15. The van der Waals surface area contributed by atoms with Crippen molar-refractivity contribution in [2.75, 3.05) is 0 Å². The van der Waals surface area contributed by atoms with Crippen LogP contribution in [0.25, 0.3) is 0 Å². The van der Waals surface area contributed by atoms with Crippen molar-refractivity contribution < 1.29 is 18.3 Å². The highest BCUT2D eigenvalue weighted by molar-refractivity contribution is 5.93. The van der Waals surface area contributed by atoms with Crippen LogP contribution in [0, 0.1) is 12.7 Å². The van der Waals surface area contributed by atoms with Gasteiger partial charge in [-0.3, -0.25) is 9.59 Å². The highest BCUT2D eigenvalue weighted by atomic mass is 19.1. The molecule has 0 fully saturated rings. The van der Waals surface area contributed by atoms with E-state index in [2.05, 4.69) is 25.5 Å². The molecule has 3 aromatic rings. The molecule has 26 heavy (non-hydrogen) atoms. The van der Waals surface area contributed by atoms with Crippen molar-refractivity contribution in [3.05, 3.63) is 69.8 Å². The number of amides is 1. The lowest BCUT2D eigenvalue weighted by Crippen LogP contribution is -2.30. The number of hydrogen-bond acceptors (Lipinski definition) is 7. The molecule has 2 aromatic heterocycles. The first-order chi connectivity index (χ1) is 12.5. The van der Waals surface area contributed by atoms with E-state index >= 15 is 0 Å². The Kier molecular flexibility index (Phi) is 5.02. The zero-order chi connectivity index (χ0) is 18.5. The van der Waals surface area contributed by atoms with E-state index in [-0.39, 0.29) is 36.2 Å². The molecule has 0 saturated heterocycles. The molecule has 0 saturated carbocycles. The summed E-state index contributed by atoms with van der Waals surface area (Å²) in [7, 11) is 0. The fourth-order valence-corrected chi connectivity index (χ4v) is 2.01. The molecule has 0 atom stereocenters. The Morgan fingerprint density at radius 3 is 2.73 bits per heavy atom. The minimum Gasteiger partial charge on any atom is -0.486 e. The van der Waals surface area contributed by atoms with Crippen molar-refractivity contribution in [1.29, 1.82) is 0 Å². The molecule has 0 unspecified atom stereocenters. The fourth-order valence-electron chi connectivity index (χ4n) is 2.01. The monoisotopic (exact) mass is 359 g/mol. The van der Waals surface area contributed by atoms with Gasteiger partial charge in [0.15, 0.2) is 0 Å². The van der Waals surface area contributed by atoms with Gasteiger partial charge in [-0.25, -0.2) is 9.37 Å². The molecular weight excluding hydrogens is 345 g/mol. The van der Waals surface area contributed by atoms with Gasteiger partial charge in [0.2, 0.25) is 11.8 Å². The number of carbonyl (C=O) groups excluding carboxylic acids is 1. The summed E-state index contributed by atoms with van der Waals surface area (Å²) in [4.78, 5) is 30.5. The third-order valence-corrected chi connectivity index (χ3v) is 3.25. The minimum atomic E-state index is -0.624. The first-order valence-corrected chi connectivity index (χ1v) is 7.55. The predicted octanol–water partition coefficient (Wildman–Crippen LogP) is 1.11. The molecule has 134 valence electrons. The molecule has 0 bridgehead atoms. The zero-order valence-electron chi connectivity index (χ0n) is 13.7. The number of ether oxygens (including phenoxy) is 1. The van der Waals surface area contributed by atoms with Crippen LogP contribution in [0.5, 0.6) is 5.75 Å². The summed E-state index contributed by atoms with van der Waals surface area (Å²) < 4.78 is 23.3. The van der Waals surface area contributed by atoms with Gasteiger partial charge >= 0.3 is 0 Å². The van der Waals surface area contributed by atoms with Gasteiger partial charge in [-0.05, 0) is 24.3 Å². The van der Waals surface area contributed by atoms with Crippen LogP contribution in [-0.4, -0.2) is 26.1 Å². The van der Waals surface area contributed by atoms with Crippen molar-refractivity contribution in [2.24, 2.45) is 0 Å². The fraction of sp³-hybridized carbons (Fsp3) is 0.188. The molecule has 0 aliphatic rings. The third-order valence-electron chi connectivity index (χ3n) is 3.25. The van der Waals surface area contributed by atoms with E-state index in [1.165, 1.54) is 24.3 Å². The standard InChI is InChI=1S/C16H14FN5O4/c1-9-21-22-14(26-9)7-19-15(23)12-6-18-13(20-16(12)24)8-25-11-4-2-10(17)3-5-11/h2-6H,7-8H2,1H3,(H,19,23)(H,18,20,24). The van der Waals surface area contributed by atoms with Gasteiger partial charge < -0.3 is 19.5 Å². The molecule has 9 nitrogen and oxygen atoms in total. The van der Waals surface area contributed by atoms with Gasteiger partial charge in [0.05, 0.1) is 6.54 Å². The van der Waals surface area contributed by atoms with Crippen molar-refractivity contribution in [2.45, 2.75) is 20.1 Å². The van der Waals surface area contributed by atoms with Crippen molar-refractivity contribution >= 4 is 5.91 Å². The Morgan fingerprint density at radius 2 is 2.08 bits per heavy atom. The Bertz CT molecular complexity index is 967. The zero-order valence-corrected chi connectivity index (χ0v) is 13.7. The molecule has 0 spiro atoms. The maximum atomic E-state index is 12.8. The van der Waals surface area contributed by atoms with E-state index in [1.807, 2.05) is 0 Å². The van der Waals surface area contributed by atoms with Gasteiger partial charge in [0.1, 0.15) is 29.6 Å². The summed E-state index contributed by atoms with van der Waals surface area (Å²) in [5.41, 5.74) is -0.774. The minimum absolute atomic E-state index is 0.00541. The summed E-state index contributed by atoms with van der Waals surface area (Å²) in [6, 6.07) is 5.41. The molecule has 0 aliphatic heterocycles. The van der Waals surface area contributed by atoms with Crippen molar-refractivity contribution in [3.8, 4) is 5.75 Å². The summed E-state index contributed by atoms with van der Waals surface area (Å²) in [6.45, 7) is 1.58. The van der Waals surface area contributed by atoms with Crippen LogP contribution >= 0.6 is 0 Å². The summed E-state index contributed by atoms with van der Waals surface area (Å²) >= 11 is 0. The maximum Gasteiger partial charge on any atom is 0.263 e. The largest absolute Gasteiger partial charge is 0.486 e. The van der Waals surface area contributed by atoms with Crippen molar-refractivity contribution in [3.63, 3.8) is 0 Å². The molecule has 2 N–H and O–H groups in total. The number of hydrogen-bond donors (Lipinski definition) is 2. The highest BCUT2D eigenvalue weighted by Crippen LogP contribution is 2.12. The van der Waals surface area contributed by atoms with Crippen LogP contribution in [0.3, 0.4) is 0 Å². The number of carbonyl (C=O) groups is 1. The summed E-state index contributed by atoms with van der Waals surface area (Å²) in [5, 5.41) is 9.86. The SMILES string of the molecule is Cc1nnc(CNC(=O)c2cnc(COc3ccc(F)cc3)[nH]c2=O)o1. The number of nitrogens with one attached hydrogen (secondary N) is 2. The molecule has 3 rings (SSSR count). The number of nitrogens with zero attached hydrogens (tertiary/aromatic N) is 3. The number of rotatable bonds is 6. The lowest BCUT2D eigenvalue weighted by Gasteiger charge is -2.06. The highest BCUT2D eigenvalue weighted by Gasteiger charge is 2.13. The van der Waals surface area contributed by atoms with Crippen LogP contribution < -0.4 is 15.6 Å². The Hall–Kier alpha value is -3.56. The second-order valence-electron chi connectivity index (χ2n) is 5.21. The molecule has 0 aliphatic carbocycles. The first kappa shape index (κ1) is 17.3. The lowest BCUT2D eigenvalue weighted by atomic mass is 10.3. The van der Waals surface area contributed by atoms with Gasteiger partial charge in [-0.1, -0.05) is 0 Å². The smallest absolute Gasteiger partial charge is 0.263 e. The average Bonchev–Trinajstić information content (AvgIpc) is 3.04. The van der Waals surface area contributed by atoms with Crippen LogP contribution in [0.15, 0.2) is 39.7 Å². The second-order valence-corrected chi connectivity index (χ2v) is 5.21. The molecule has 1 amide bonds. The molecule has 2 heterocycles. The topological polar surface area (TPSA) is 123 Å². The number of H-pyrrole nitrogens is 1. The molecule has 0 radical (unpaired) electrons. The lowest BCUT2D eigenvalue weighted by molar-refractivity contribution is 0.0945. The predicted molar refractivity (Wildman–Crippen MR) is 85.8 cm³/mol. The maximum absolute atomic E-state index is 12.8. The van der Waals surface area contributed by atoms with Crippen molar-refractivity contribution in [1.82, 2.24) is 25.5 Å². The van der Waals surface area contributed by atoms with Gasteiger partial charge in [0, 0.05) is 13.1 Å². The van der Waals surface area contributed by atoms with Crippen LogP contribution in [-0.2, 0) is 13.2 Å². The van der Waals surface area contributed by atoms with E-state index in [1.54, 1.807) is 6.92 Å². The summed E-state index contributed by atoms with van der Waals surface area (Å²) in [5.74, 6) is 0.244. The van der Waals surface area contributed by atoms with Gasteiger partial charge in [-0.2, -0.15) is 0 Å². The van der Waals surface area contributed by atoms with E-state index in [0.29, 0.717) is 11.6 Å². The number of aromatic nitrogens is 4. The number of benzene rings is 1. The average molecular weight is 359 g/mol. The number of aromatic amines is 1. The van der Waals surface area contributed by atoms with E-state index in [0.717, 1.165) is 6.20 Å². The Balaban J connectivity index is 1.60. The number of halogens is 1.